The van der Waals surface area contributed by atoms with Crippen molar-refractivity contribution < 1.29 is 22.3 Å². The van der Waals surface area contributed by atoms with Crippen molar-refractivity contribution in [3.05, 3.63) is 52.8 Å². The number of methoxy groups -OCH3 is 1. The van der Waals surface area contributed by atoms with E-state index in [0.29, 0.717) is 42.5 Å². The maximum Gasteiger partial charge on any atom is 0.255 e. The van der Waals surface area contributed by atoms with Crippen molar-refractivity contribution in [2.45, 2.75) is 17.7 Å². The van der Waals surface area contributed by atoms with Gasteiger partial charge in [0, 0.05) is 26.2 Å². The number of nitrogens with zero attached hydrogens (tertiary/aromatic N) is 2. The molecular formula is C22H24ClFN2O4S. The number of anilines is 1. The molecular weight excluding hydrogens is 443 g/mol. The molecule has 0 atom stereocenters. The summed E-state index contributed by atoms with van der Waals surface area (Å²) in [4.78, 5) is 16.8. The molecule has 1 heterocycles. The van der Waals surface area contributed by atoms with Gasteiger partial charge >= 0.3 is 0 Å². The highest BCUT2D eigenvalue weighted by Crippen LogP contribution is 2.36. The maximum absolute atomic E-state index is 13.3. The minimum absolute atomic E-state index is 0.0858. The number of hydrogen-bond acceptors (Lipinski definition) is 5. The lowest BCUT2D eigenvalue weighted by atomic mass is 10.1. The Bertz CT molecular complexity index is 1100. The molecule has 0 spiro atoms. The molecule has 2 fully saturated rings. The lowest BCUT2D eigenvalue weighted by molar-refractivity contribution is 0.0747. The summed E-state index contributed by atoms with van der Waals surface area (Å²) in [5, 5.41) is 0.0858. The number of ether oxygens (including phenoxy) is 1. The van der Waals surface area contributed by atoms with Gasteiger partial charge in [0.05, 0.1) is 34.0 Å². The van der Waals surface area contributed by atoms with Crippen molar-refractivity contribution in [1.29, 1.82) is 0 Å². The normalized spacial score (nSPS) is 17.0. The maximum atomic E-state index is 13.3. The molecule has 0 N–H and O–H groups in total. The number of sulfone groups is 1. The Hall–Kier alpha value is -2.32. The topological polar surface area (TPSA) is 66.9 Å². The van der Waals surface area contributed by atoms with Crippen molar-refractivity contribution in [3.8, 4) is 5.75 Å². The number of carbonyl (C=O) groups excluding carboxylic acids is 1. The van der Waals surface area contributed by atoms with E-state index in [1.165, 1.54) is 12.1 Å². The predicted octanol–water partition coefficient (Wildman–Crippen LogP) is 3.63. The van der Waals surface area contributed by atoms with E-state index in [2.05, 4.69) is 0 Å². The lowest BCUT2D eigenvalue weighted by Gasteiger charge is -2.37. The summed E-state index contributed by atoms with van der Waals surface area (Å²) in [6.07, 6.45) is 1.94. The van der Waals surface area contributed by atoms with Gasteiger partial charge < -0.3 is 14.5 Å². The second-order valence-corrected chi connectivity index (χ2v) is 10.4. The van der Waals surface area contributed by atoms with Crippen LogP contribution in [0.1, 0.15) is 23.2 Å². The first-order chi connectivity index (χ1) is 14.8. The van der Waals surface area contributed by atoms with E-state index in [-0.39, 0.29) is 28.2 Å². The highest BCUT2D eigenvalue weighted by Gasteiger charge is 2.30. The van der Waals surface area contributed by atoms with E-state index in [0.717, 1.165) is 18.9 Å². The number of piperazine rings is 1. The molecule has 1 saturated carbocycles. The van der Waals surface area contributed by atoms with E-state index < -0.39 is 15.7 Å². The number of amides is 1. The van der Waals surface area contributed by atoms with Gasteiger partial charge in [-0.1, -0.05) is 11.6 Å². The standard InChI is InChI=1S/C22H24ClFN2O4S/c1-30-21-7-5-17(31(28,29)14-15-2-3-15)13-20(21)25-8-10-26(11-9-25)22(27)18-6-4-16(24)12-19(18)23/h4-7,12-13,15H,2-3,8-11,14H2,1H3. The van der Waals surface area contributed by atoms with Crippen molar-refractivity contribution in [2.75, 3.05) is 43.9 Å². The van der Waals surface area contributed by atoms with Gasteiger partial charge in [0.2, 0.25) is 0 Å². The Labute approximate surface area is 186 Å². The number of benzene rings is 2. The van der Waals surface area contributed by atoms with Gasteiger partial charge in [-0.3, -0.25) is 4.79 Å². The molecule has 166 valence electrons. The molecule has 4 rings (SSSR count). The summed E-state index contributed by atoms with van der Waals surface area (Å²) < 4.78 is 44.2. The van der Waals surface area contributed by atoms with Crippen LogP contribution in [0.5, 0.6) is 5.75 Å². The van der Waals surface area contributed by atoms with Crippen LogP contribution in [0.3, 0.4) is 0 Å². The van der Waals surface area contributed by atoms with Gasteiger partial charge in [0.25, 0.3) is 5.91 Å². The summed E-state index contributed by atoms with van der Waals surface area (Å²) in [6, 6.07) is 8.69. The van der Waals surface area contributed by atoms with E-state index in [4.69, 9.17) is 16.3 Å². The molecule has 2 aromatic rings. The van der Waals surface area contributed by atoms with Gasteiger partial charge in [-0.15, -0.1) is 0 Å². The first-order valence-electron chi connectivity index (χ1n) is 10.2. The Balaban J connectivity index is 1.50. The second-order valence-electron chi connectivity index (χ2n) is 7.96. The fourth-order valence-corrected chi connectivity index (χ4v) is 5.75. The number of halogens is 2. The lowest BCUT2D eigenvalue weighted by Crippen LogP contribution is -2.49. The van der Waals surface area contributed by atoms with Crippen molar-refractivity contribution >= 4 is 33.0 Å². The van der Waals surface area contributed by atoms with Crippen LogP contribution >= 0.6 is 11.6 Å². The smallest absolute Gasteiger partial charge is 0.255 e. The molecule has 9 heteroatoms. The van der Waals surface area contributed by atoms with Gasteiger partial charge in [0.15, 0.2) is 9.84 Å². The second kappa shape index (κ2) is 8.67. The molecule has 2 aromatic carbocycles. The molecule has 1 aliphatic carbocycles. The van der Waals surface area contributed by atoms with Crippen LogP contribution in [0.25, 0.3) is 0 Å². The summed E-state index contributed by atoms with van der Waals surface area (Å²) in [6.45, 7) is 1.86. The average molecular weight is 467 g/mol. The number of hydrogen-bond donors (Lipinski definition) is 0. The zero-order chi connectivity index (χ0) is 22.2. The molecule has 0 aromatic heterocycles. The highest BCUT2D eigenvalue weighted by atomic mass is 35.5. The summed E-state index contributed by atoms with van der Waals surface area (Å²) in [5.41, 5.74) is 0.966. The minimum Gasteiger partial charge on any atom is -0.495 e. The van der Waals surface area contributed by atoms with Crippen molar-refractivity contribution in [3.63, 3.8) is 0 Å². The Morgan fingerprint density at radius 2 is 1.84 bits per heavy atom. The first-order valence-corrected chi connectivity index (χ1v) is 12.2. The largest absolute Gasteiger partial charge is 0.495 e. The fraction of sp³-hybridized carbons (Fsp3) is 0.409. The summed E-state index contributed by atoms with van der Waals surface area (Å²) in [7, 11) is -1.79. The number of carbonyl (C=O) groups is 1. The van der Waals surface area contributed by atoms with Crippen LogP contribution < -0.4 is 9.64 Å². The Kier molecular flexibility index (Phi) is 6.12. The van der Waals surface area contributed by atoms with Crippen LogP contribution in [0.15, 0.2) is 41.3 Å². The highest BCUT2D eigenvalue weighted by molar-refractivity contribution is 7.91. The van der Waals surface area contributed by atoms with E-state index in [1.54, 1.807) is 30.2 Å². The number of rotatable bonds is 6. The average Bonchev–Trinajstić information content (AvgIpc) is 3.56. The molecule has 6 nitrogen and oxygen atoms in total. The molecule has 2 aliphatic rings. The molecule has 31 heavy (non-hydrogen) atoms. The van der Waals surface area contributed by atoms with E-state index >= 15 is 0 Å². The van der Waals surface area contributed by atoms with Gasteiger partial charge in [0.1, 0.15) is 11.6 Å². The Morgan fingerprint density at radius 3 is 2.45 bits per heavy atom. The van der Waals surface area contributed by atoms with Gasteiger partial charge in [-0.2, -0.15) is 0 Å². The summed E-state index contributed by atoms with van der Waals surface area (Å²) >= 11 is 6.04. The zero-order valence-corrected chi connectivity index (χ0v) is 18.8. The van der Waals surface area contributed by atoms with Gasteiger partial charge in [-0.05, 0) is 55.2 Å². The van der Waals surface area contributed by atoms with Crippen molar-refractivity contribution in [1.82, 2.24) is 4.90 Å². The van der Waals surface area contributed by atoms with E-state index in [1.807, 2.05) is 4.90 Å². The van der Waals surface area contributed by atoms with Crippen LogP contribution in [0, 0.1) is 11.7 Å². The van der Waals surface area contributed by atoms with Crippen LogP contribution in [0.4, 0.5) is 10.1 Å². The quantitative estimate of drug-likeness (QED) is 0.650. The predicted molar refractivity (Wildman–Crippen MR) is 117 cm³/mol. The molecule has 1 amide bonds. The SMILES string of the molecule is COc1ccc(S(=O)(=O)CC2CC2)cc1N1CCN(C(=O)c2ccc(F)cc2Cl)CC1. The minimum atomic E-state index is -3.34. The third kappa shape index (κ3) is 4.80. The van der Waals surface area contributed by atoms with Gasteiger partial charge in [-0.25, -0.2) is 12.8 Å². The van der Waals surface area contributed by atoms with Crippen LogP contribution in [0.2, 0.25) is 5.02 Å². The molecule has 0 unspecified atom stereocenters. The third-order valence-corrected chi connectivity index (χ3v) is 7.93. The Morgan fingerprint density at radius 1 is 1.13 bits per heavy atom. The van der Waals surface area contributed by atoms with Crippen molar-refractivity contribution in [2.24, 2.45) is 5.92 Å². The molecule has 0 bridgehead atoms. The van der Waals surface area contributed by atoms with Crippen LogP contribution in [-0.4, -0.2) is 58.3 Å². The van der Waals surface area contributed by atoms with E-state index in [9.17, 15) is 17.6 Å². The molecule has 1 saturated heterocycles. The molecule has 0 radical (unpaired) electrons. The van der Waals surface area contributed by atoms with Crippen LogP contribution in [-0.2, 0) is 9.84 Å². The fourth-order valence-electron chi connectivity index (χ4n) is 3.79. The third-order valence-electron chi connectivity index (χ3n) is 5.73. The zero-order valence-electron chi connectivity index (χ0n) is 17.2. The molecule has 1 aliphatic heterocycles. The summed E-state index contributed by atoms with van der Waals surface area (Å²) in [5.74, 6) is 0.293. The monoisotopic (exact) mass is 466 g/mol. The first kappa shape index (κ1) is 21.9.